The van der Waals surface area contributed by atoms with Gasteiger partial charge in [-0.05, 0) is 18.1 Å². The number of hydrogen-bond donors (Lipinski definition) is 1. The van der Waals surface area contributed by atoms with Crippen molar-refractivity contribution in [3.8, 4) is 0 Å². The van der Waals surface area contributed by atoms with E-state index in [-0.39, 0.29) is 24.6 Å². The fourth-order valence-corrected chi connectivity index (χ4v) is 3.78. The summed E-state index contributed by atoms with van der Waals surface area (Å²) in [6.07, 6.45) is 3.95. The molecule has 1 N–H and O–H groups in total. The summed E-state index contributed by atoms with van der Waals surface area (Å²) in [4.78, 5) is 29.9. The van der Waals surface area contributed by atoms with Gasteiger partial charge < -0.3 is 10.1 Å². The van der Waals surface area contributed by atoms with Crippen LogP contribution in [0.1, 0.15) is 18.1 Å². The summed E-state index contributed by atoms with van der Waals surface area (Å²) >= 11 is 0. The number of nitrogens with one attached hydrogen (secondary N) is 1. The molecule has 0 radical (unpaired) electrons. The van der Waals surface area contributed by atoms with Crippen LogP contribution >= 0.6 is 0 Å². The second kappa shape index (κ2) is 7.39. The summed E-state index contributed by atoms with van der Waals surface area (Å²) in [5.41, 5.74) is 0.778. The van der Waals surface area contributed by atoms with Gasteiger partial charge in [0.2, 0.25) is 5.91 Å². The van der Waals surface area contributed by atoms with Crippen LogP contribution in [0.4, 0.5) is 0 Å². The molecule has 0 saturated carbocycles. The number of carbonyl (C=O) groups excluding carboxylic acids is 1. The molecule has 26 heavy (non-hydrogen) atoms. The fourth-order valence-electron chi connectivity index (χ4n) is 3.78. The summed E-state index contributed by atoms with van der Waals surface area (Å²) in [7, 11) is 0. The molecular formula is C19H22N4O3. The quantitative estimate of drug-likeness (QED) is 0.869. The molecule has 7 nitrogen and oxygen atoms in total. The third-order valence-corrected chi connectivity index (χ3v) is 5.05. The number of ether oxygens (including phenoxy) is 1. The molecule has 2 aromatic rings. The van der Waals surface area contributed by atoms with Gasteiger partial charge in [-0.15, -0.1) is 0 Å². The molecule has 2 aliphatic rings. The van der Waals surface area contributed by atoms with E-state index in [1.54, 1.807) is 12.3 Å². The maximum absolute atomic E-state index is 12.3. The molecule has 1 aromatic carbocycles. The molecule has 4 rings (SSSR count). The molecule has 0 unspecified atom stereocenters. The Morgan fingerprint density at radius 1 is 1.23 bits per heavy atom. The van der Waals surface area contributed by atoms with Crippen molar-refractivity contribution < 1.29 is 9.53 Å². The standard InChI is InChI=1S/C19H22N4O3/c24-18(12-22-8-4-7-20-19(22)25)21-15-9-16-13-26-17(11-23(16)10-15)14-5-2-1-3-6-14/h1-8,15-17H,9-13H2,(H,21,24)/t15-,16+,17-/m1/s1. The lowest BCUT2D eigenvalue weighted by Gasteiger charge is -2.35. The van der Waals surface area contributed by atoms with Gasteiger partial charge in [0.1, 0.15) is 6.54 Å². The third kappa shape index (κ3) is 3.68. The number of aromatic nitrogens is 2. The van der Waals surface area contributed by atoms with Crippen molar-refractivity contribution in [1.82, 2.24) is 19.8 Å². The highest BCUT2D eigenvalue weighted by molar-refractivity contribution is 5.76. The lowest BCUT2D eigenvalue weighted by Crippen LogP contribution is -2.43. The fraction of sp³-hybridized carbons (Fsp3) is 0.421. The Balaban J connectivity index is 1.33. The number of nitrogens with zero attached hydrogens (tertiary/aromatic N) is 3. The van der Waals surface area contributed by atoms with Crippen molar-refractivity contribution in [2.45, 2.75) is 31.2 Å². The molecule has 3 atom stereocenters. The first-order chi connectivity index (χ1) is 12.7. The monoisotopic (exact) mass is 354 g/mol. The summed E-state index contributed by atoms with van der Waals surface area (Å²) < 4.78 is 7.35. The number of rotatable bonds is 4. The van der Waals surface area contributed by atoms with Gasteiger partial charge in [-0.25, -0.2) is 9.78 Å². The van der Waals surface area contributed by atoms with E-state index in [1.165, 1.54) is 16.3 Å². The highest BCUT2D eigenvalue weighted by Gasteiger charge is 2.38. The van der Waals surface area contributed by atoms with Crippen molar-refractivity contribution in [3.05, 3.63) is 64.8 Å². The van der Waals surface area contributed by atoms with E-state index in [9.17, 15) is 9.59 Å². The molecular weight excluding hydrogens is 332 g/mol. The predicted octanol–water partition coefficient (Wildman–Crippen LogP) is 0.574. The van der Waals surface area contributed by atoms with Crippen LogP contribution in [0.5, 0.6) is 0 Å². The van der Waals surface area contributed by atoms with E-state index < -0.39 is 5.69 Å². The van der Waals surface area contributed by atoms with Gasteiger partial charge in [0.05, 0.1) is 12.7 Å². The zero-order chi connectivity index (χ0) is 17.9. The Hall–Kier alpha value is -2.51. The van der Waals surface area contributed by atoms with Crippen LogP contribution in [0, 0.1) is 0 Å². The number of carbonyl (C=O) groups is 1. The molecule has 2 fully saturated rings. The maximum Gasteiger partial charge on any atom is 0.347 e. The molecule has 1 amide bonds. The van der Waals surface area contributed by atoms with Crippen LogP contribution < -0.4 is 11.0 Å². The topological polar surface area (TPSA) is 76.5 Å². The molecule has 2 saturated heterocycles. The van der Waals surface area contributed by atoms with Crippen LogP contribution in [-0.2, 0) is 16.1 Å². The van der Waals surface area contributed by atoms with Crippen LogP contribution in [0.25, 0.3) is 0 Å². The van der Waals surface area contributed by atoms with Crippen molar-refractivity contribution in [2.24, 2.45) is 0 Å². The molecule has 0 spiro atoms. The highest BCUT2D eigenvalue weighted by atomic mass is 16.5. The second-order valence-electron chi connectivity index (χ2n) is 6.87. The van der Waals surface area contributed by atoms with Crippen LogP contribution in [0.2, 0.25) is 0 Å². The van der Waals surface area contributed by atoms with Gasteiger partial charge in [-0.2, -0.15) is 0 Å². The van der Waals surface area contributed by atoms with Crippen molar-refractivity contribution in [2.75, 3.05) is 19.7 Å². The van der Waals surface area contributed by atoms with Gasteiger partial charge >= 0.3 is 5.69 Å². The third-order valence-electron chi connectivity index (χ3n) is 5.05. The van der Waals surface area contributed by atoms with Crippen LogP contribution in [-0.4, -0.2) is 52.1 Å². The number of amides is 1. The first kappa shape index (κ1) is 16.9. The van der Waals surface area contributed by atoms with Gasteiger partial charge in [-0.3, -0.25) is 14.3 Å². The van der Waals surface area contributed by atoms with Gasteiger partial charge in [0.25, 0.3) is 0 Å². The van der Waals surface area contributed by atoms with Crippen LogP contribution in [0.15, 0.2) is 53.6 Å². The Morgan fingerprint density at radius 2 is 2.08 bits per heavy atom. The summed E-state index contributed by atoms with van der Waals surface area (Å²) in [5.74, 6) is -0.162. The Kier molecular flexibility index (Phi) is 4.81. The van der Waals surface area contributed by atoms with E-state index in [0.29, 0.717) is 12.6 Å². The lowest BCUT2D eigenvalue weighted by atomic mass is 10.1. The average Bonchev–Trinajstić information content (AvgIpc) is 3.05. The first-order valence-electron chi connectivity index (χ1n) is 8.90. The average molecular weight is 354 g/mol. The first-order valence-corrected chi connectivity index (χ1v) is 8.90. The zero-order valence-corrected chi connectivity index (χ0v) is 14.5. The zero-order valence-electron chi connectivity index (χ0n) is 14.5. The molecule has 1 aromatic heterocycles. The minimum absolute atomic E-state index is 0.00300. The van der Waals surface area contributed by atoms with Gasteiger partial charge in [-0.1, -0.05) is 30.3 Å². The Bertz CT molecular complexity index is 823. The normalized spacial score (nSPS) is 25.6. The molecule has 3 heterocycles. The minimum Gasteiger partial charge on any atom is -0.371 e. The van der Waals surface area contributed by atoms with Crippen molar-refractivity contribution in [3.63, 3.8) is 0 Å². The summed E-state index contributed by atoms with van der Waals surface area (Å²) in [6.45, 7) is 2.32. The summed E-state index contributed by atoms with van der Waals surface area (Å²) in [6, 6.07) is 12.3. The van der Waals surface area contributed by atoms with E-state index in [0.717, 1.165) is 19.5 Å². The van der Waals surface area contributed by atoms with E-state index in [1.807, 2.05) is 18.2 Å². The Morgan fingerprint density at radius 3 is 2.88 bits per heavy atom. The van der Waals surface area contributed by atoms with Gasteiger partial charge in [0.15, 0.2) is 0 Å². The number of morpholine rings is 1. The second-order valence-corrected chi connectivity index (χ2v) is 6.87. The van der Waals surface area contributed by atoms with Crippen LogP contribution in [0.3, 0.4) is 0 Å². The van der Waals surface area contributed by atoms with Gasteiger partial charge in [0, 0.05) is 37.6 Å². The number of benzene rings is 1. The van der Waals surface area contributed by atoms with E-state index in [4.69, 9.17) is 4.74 Å². The lowest BCUT2D eigenvalue weighted by molar-refractivity contribution is -0.122. The van der Waals surface area contributed by atoms with Crippen molar-refractivity contribution >= 4 is 5.91 Å². The molecule has 0 bridgehead atoms. The predicted molar refractivity (Wildman–Crippen MR) is 95.5 cm³/mol. The smallest absolute Gasteiger partial charge is 0.347 e. The molecule has 136 valence electrons. The molecule has 2 aliphatic heterocycles. The van der Waals surface area contributed by atoms with E-state index >= 15 is 0 Å². The summed E-state index contributed by atoms with van der Waals surface area (Å²) in [5, 5.41) is 3.04. The van der Waals surface area contributed by atoms with E-state index in [2.05, 4.69) is 27.3 Å². The van der Waals surface area contributed by atoms with Crippen molar-refractivity contribution in [1.29, 1.82) is 0 Å². The highest BCUT2D eigenvalue weighted by Crippen LogP contribution is 2.30. The Labute approximate surface area is 151 Å². The minimum atomic E-state index is -0.411. The molecule has 7 heteroatoms. The SMILES string of the molecule is O=C(Cn1cccnc1=O)N[C@@H]1C[C@H]2CO[C@@H](c3ccccc3)CN2C1. The number of fused-ring (bicyclic) bond motifs is 1. The largest absolute Gasteiger partial charge is 0.371 e. The molecule has 0 aliphatic carbocycles. The maximum atomic E-state index is 12.3. The number of hydrogen-bond acceptors (Lipinski definition) is 5.